The van der Waals surface area contributed by atoms with Crippen molar-refractivity contribution in [3.8, 4) is 6.07 Å². The molecule has 1 aromatic carbocycles. The number of amides is 1. The number of benzene rings is 1. The first-order chi connectivity index (χ1) is 12.6. The van der Waals surface area contributed by atoms with Crippen LogP contribution in [-0.2, 0) is 4.79 Å². The molecule has 26 heavy (non-hydrogen) atoms. The molecule has 0 radical (unpaired) electrons. The minimum atomic E-state index is -0.00642. The number of aromatic nitrogens is 2. The van der Waals surface area contributed by atoms with Gasteiger partial charge in [-0.3, -0.25) is 14.8 Å². The molecule has 2 atom stereocenters. The fraction of sp³-hybridized carbons (Fsp3) is 0.474. The van der Waals surface area contributed by atoms with Crippen LogP contribution >= 0.6 is 0 Å². The lowest BCUT2D eigenvalue weighted by molar-refractivity contribution is -0.118. The van der Waals surface area contributed by atoms with E-state index in [-0.39, 0.29) is 5.91 Å². The van der Waals surface area contributed by atoms with E-state index in [1.807, 2.05) is 12.1 Å². The van der Waals surface area contributed by atoms with Crippen LogP contribution in [0.1, 0.15) is 25.8 Å². The van der Waals surface area contributed by atoms with Gasteiger partial charge in [-0.2, -0.15) is 5.26 Å². The third kappa shape index (κ3) is 4.09. The first-order valence-corrected chi connectivity index (χ1v) is 8.95. The fourth-order valence-corrected chi connectivity index (χ4v) is 3.60. The van der Waals surface area contributed by atoms with Gasteiger partial charge in [0.2, 0.25) is 5.91 Å². The summed E-state index contributed by atoms with van der Waals surface area (Å²) in [5.41, 5.74) is 3.00. The predicted molar refractivity (Wildman–Crippen MR) is 101 cm³/mol. The van der Waals surface area contributed by atoms with Gasteiger partial charge < -0.3 is 15.5 Å². The monoisotopic (exact) mass is 352 g/mol. The van der Waals surface area contributed by atoms with Crippen LogP contribution in [0.15, 0.2) is 24.5 Å². The van der Waals surface area contributed by atoms with Crippen molar-refractivity contribution >= 4 is 22.6 Å². The molecule has 0 aliphatic carbocycles. The number of anilines is 1. The second-order valence-corrected chi connectivity index (χ2v) is 6.88. The Balaban J connectivity index is 1.77. The van der Waals surface area contributed by atoms with E-state index in [2.05, 4.69) is 38.5 Å². The van der Waals surface area contributed by atoms with Crippen LogP contribution in [0.5, 0.6) is 0 Å². The normalized spacial score (nSPS) is 20.0. The quantitative estimate of drug-likeness (QED) is 0.791. The number of piperidine rings is 1. The molecule has 2 aromatic rings. The van der Waals surface area contributed by atoms with Crippen molar-refractivity contribution < 1.29 is 4.79 Å². The molecule has 7 heteroatoms. The number of rotatable bonds is 5. The number of nitriles is 1. The van der Waals surface area contributed by atoms with Gasteiger partial charge in [0.1, 0.15) is 17.1 Å². The van der Waals surface area contributed by atoms with Gasteiger partial charge in [0.05, 0.1) is 11.3 Å². The zero-order valence-electron chi connectivity index (χ0n) is 15.2. The Morgan fingerprint density at radius 3 is 2.77 bits per heavy atom. The molecule has 1 aliphatic rings. The summed E-state index contributed by atoms with van der Waals surface area (Å²) < 4.78 is 0. The summed E-state index contributed by atoms with van der Waals surface area (Å²) in [4.78, 5) is 22.1. The van der Waals surface area contributed by atoms with E-state index in [9.17, 15) is 10.1 Å². The average molecular weight is 352 g/mol. The zero-order chi connectivity index (χ0) is 18.5. The van der Waals surface area contributed by atoms with Gasteiger partial charge in [-0.25, -0.2) is 0 Å². The molecule has 1 saturated heterocycles. The maximum Gasteiger partial charge on any atom is 0.216 e. The van der Waals surface area contributed by atoms with Gasteiger partial charge in [-0.05, 0) is 24.5 Å². The fourth-order valence-electron chi connectivity index (χ4n) is 3.60. The SMILES string of the molecule is CC(=O)NCCNC1CC(C)CN(c2ccc(C#N)c3nccnc23)C1. The standard InChI is InChI=1S/C19H24N6O/c1-13-9-16(22-6-5-21-14(2)26)12-25(11-13)17-4-3-15(10-20)18-19(17)24-8-7-23-18/h3-4,7-8,13,16,22H,5-6,9,11-12H2,1-2H3,(H,21,26). The van der Waals surface area contributed by atoms with Gasteiger partial charge in [0.25, 0.3) is 0 Å². The highest BCUT2D eigenvalue weighted by molar-refractivity contribution is 5.92. The first kappa shape index (κ1) is 18.1. The van der Waals surface area contributed by atoms with Crippen LogP contribution < -0.4 is 15.5 Å². The van der Waals surface area contributed by atoms with Crippen LogP contribution in [0.4, 0.5) is 5.69 Å². The number of carbonyl (C=O) groups excluding carboxylic acids is 1. The highest BCUT2D eigenvalue weighted by atomic mass is 16.1. The van der Waals surface area contributed by atoms with Gasteiger partial charge in [0, 0.05) is 51.5 Å². The molecular weight excluding hydrogens is 328 g/mol. The lowest BCUT2D eigenvalue weighted by atomic mass is 9.95. The summed E-state index contributed by atoms with van der Waals surface area (Å²) in [5.74, 6) is 0.525. The second-order valence-electron chi connectivity index (χ2n) is 6.88. The second kappa shape index (κ2) is 8.11. The highest BCUT2D eigenvalue weighted by Crippen LogP contribution is 2.29. The van der Waals surface area contributed by atoms with Crippen LogP contribution in [0.25, 0.3) is 11.0 Å². The number of fused-ring (bicyclic) bond motifs is 1. The van der Waals surface area contributed by atoms with Gasteiger partial charge in [-0.1, -0.05) is 6.92 Å². The van der Waals surface area contributed by atoms with E-state index in [0.717, 1.165) is 37.3 Å². The van der Waals surface area contributed by atoms with E-state index in [0.29, 0.717) is 29.6 Å². The molecular formula is C19H24N6O. The van der Waals surface area contributed by atoms with E-state index in [1.54, 1.807) is 12.4 Å². The molecule has 2 heterocycles. The van der Waals surface area contributed by atoms with Crippen LogP contribution in [0, 0.1) is 17.2 Å². The van der Waals surface area contributed by atoms with E-state index < -0.39 is 0 Å². The van der Waals surface area contributed by atoms with Crippen molar-refractivity contribution in [2.75, 3.05) is 31.1 Å². The Kier molecular flexibility index (Phi) is 5.64. The van der Waals surface area contributed by atoms with Crippen molar-refractivity contribution in [2.24, 2.45) is 5.92 Å². The molecule has 2 unspecified atom stereocenters. The van der Waals surface area contributed by atoms with Gasteiger partial charge in [-0.15, -0.1) is 0 Å². The highest BCUT2D eigenvalue weighted by Gasteiger charge is 2.26. The Bertz CT molecular complexity index is 830. The molecule has 1 aromatic heterocycles. The molecule has 0 spiro atoms. The minimum absolute atomic E-state index is 0.00642. The van der Waals surface area contributed by atoms with E-state index in [4.69, 9.17) is 0 Å². The predicted octanol–water partition coefficient (Wildman–Crippen LogP) is 1.44. The topological polar surface area (TPSA) is 93.9 Å². The van der Waals surface area contributed by atoms with E-state index in [1.165, 1.54) is 6.92 Å². The Morgan fingerprint density at radius 2 is 2.04 bits per heavy atom. The molecule has 0 bridgehead atoms. The smallest absolute Gasteiger partial charge is 0.216 e. The molecule has 136 valence electrons. The summed E-state index contributed by atoms with van der Waals surface area (Å²) in [6, 6.07) is 6.33. The number of hydrogen-bond acceptors (Lipinski definition) is 6. The maximum atomic E-state index is 11.0. The number of carbonyl (C=O) groups is 1. The Hall–Kier alpha value is -2.72. The average Bonchev–Trinajstić information content (AvgIpc) is 2.63. The zero-order valence-corrected chi connectivity index (χ0v) is 15.2. The van der Waals surface area contributed by atoms with Crippen molar-refractivity contribution in [1.29, 1.82) is 5.26 Å². The lowest BCUT2D eigenvalue weighted by Crippen LogP contribution is -2.50. The third-order valence-corrected chi connectivity index (χ3v) is 4.66. The summed E-state index contributed by atoms with van der Waals surface area (Å²) in [7, 11) is 0. The first-order valence-electron chi connectivity index (χ1n) is 8.95. The van der Waals surface area contributed by atoms with Crippen LogP contribution in [-0.4, -0.2) is 48.1 Å². The van der Waals surface area contributed by atoms with Crippen molar-refractivity contribution in [3.63, 3.8) is 0 Å². The molecule has 7 nitrogen and oxygen atoms in total. The molecule has 1 fully saturated rings. The summed E-state index contributed by atoms with van der Waals surface area (Å²) >= 11 is 0. The number of hydrogen-bond donors (Lipinski definition) is 2. The Labute approximate surface area is 153 Å². The Morgan fingerprint density at radius 1 is 1.27 bits per heavy atom. The molecule has 0 saturated carbocycles. The van der Waals surface area contributed by atoms with Crippen LogP contribution in [0.2, 0.25) is 0 Å². The molecule has 3 rings (SSSR count). The van der Waals surface area contributed by atoms with Gasteiger partial charge in [0.15, 0.2) is 0 Å². The van der Waals surface area contributed by atoms with Crippen molar-refractivity contribution in [1.82, 2.24) is 20.6 Å². The molecule has 1 amide bonds. The largest absolute Gasteiger partial charge is 0.368 e. The summed E-state index contributed by atoms with van der Waals surface area (Å²) in [5, 5.41) is 15.7. The van der Waals surface area contributed by atoms with Crippen molar-refractivity contribution in [2.45, 2.75) is 26.3 Å². The van der Waals surface area contributed by atoms with Crippen LogP contribution in [0.3, 0.4) is 0 Å². The summed E-state index contributed by atoms with van der Waals surface area (Å²) in [6.45, 7) is 6.96. The maximum absolute atomic E-state index is 11.0. The minimum Gasteiger partial charge on any atom is -0.368 e. The van der Waals surface area contributed by atoms with Gasteiger partial charge >= 0.3 is 0 Å². The molecule has 1 aliphatic heterocycles. The lowest BCUT2D eigenvalue weighted by Gasteiger charge is -2.38. The van der Waals surface area contributed by atoms with E-state index >= 15 is 0 Å². The number of nitrogens with one attached hydrogen (secondary N) is 2. The third-order valence-electron chi connectivity index (χ3n) is 4.66. The summed E-state index contributed by atoms with van der Waals surface area (Å²) in [6.07, 6.45) is 4.39. The molecule has 2 N–H and O–H groups in total. The number of nitrogens with zero attached hydrogens (tertiary/aromatic N) is 4. The van der Waals surface area contributed by atoms with Crippen molar-refractivity contribution in [3.05, 3.63) is 30.1 Å².